The molecule has 0 unspecified atom stereocenters. The molecular weight excluding hydrogens is 270 g/mol. The fourth-order valence-electron chi connectivity index (χ4n) is 2.20. The van der Waals surface area contributed by atoms with Crippen LogP contribution in [0.1, 0.15) is 18.9 Å². The van der Waals surface area contributed by atoms with Crippen LogP contribution in [0.25, 0.3) is 10.9 Å². The van der Waals surface area contributed by atoms with Gasteiger partial charge in [-0.15, -0.1) is 0 Å². The number of aromatic nitrogens is 1. The predicted octanol–water partition coefficient (Wildman–Crippen LogP) is 2.08. The Bertz CT molecular complexity index is 615. The number of hydrogen-bond donors (Lipinski definition) is 2. The van der Waals surface area contributed by atoms with E-state index in [1.165, 1.54) is 0 Å². The normalized spacial score (nSPS) is 10.7. The van der Waals surface area contributed by atoms with Crippen LogP contribution in [-0.4, -0.2) is 34.8 Å². The molecule has 0 atom stereocenters. The Balaban J connectivity index is 2.53. The van der Waals surface area contributed by atoms with Gasteiger partial charge in [-0.25, -0.2) is 4.98 Å². The van der Waals surface area contributed by atoms with E-state index in [-0.39, 0.29) is 6.61 Å². The van der Waals surface area contributed by atoms with Crippen LogP contribution in [0.15, 0.2) is 30.3 Å². The fraction of sp³-hybridized carbons (Fsp3) is 0.333. The molecule has 106 valence electrons. The molecule has 0 radical (unpaired) electrons. The number of rotatable bonds is 6. The first-order valence-corrected chi connectivity index (χ1v) is 7.13. The van der Waals surface area contributed by atoms with Gasteiger partial charge < -0.3 is 15.7 Å². The number of aliphatic hydroxyl groups is 1. The molecule has 2 aromatic rings. The van der Waals surface area contributed by atoms with Crippen molar-refractivity contribution >= 4 is 33.9 Å². The molecule has 0 aliphatic heterocycles. The second-order valence-electron chi connectivity index (χ2n) is 4.57. The SMILES string of the molecule is CCN(CCCO)c1nc2ccccc2cc1C(N)=S. The number of thiocarbonyl (C=S) groups is 1. The van der Waals surface area contributed by atoms with Crippen molar-refractivity contribution in [1.29, 1.82) is 0 Å². The summed E-state index contributed by atoms with van der Waals surface area (Å²) in [5.74, 6) is 0.798. The molecule has 0 aliphatic carbocycles. The standard InChI is InChI=1S/C15H19N3OS/c1-2-18(8-5-9-19)15-12(14(16)20)10-11-6-3-4-7-13(11)17-15/h3-4,6-7,10,19H,2,5,8-9H2,1H3,(H2,16,20). The summed E-state index contributed by atoms with van der Waals surface area (Å²) >= 11 is 5.15. The lowest BCUT2D eigenvalue weighted by Crippen LogP contribution is -2.28. The number of pyridine rings is 1. The number of fused-ring (bicyclic) bond motifs is 1. The van der Waals surface area contributed by atoms with Gasteiger partial charge in [0, 0.05) is 25.1 Å². The van der Waals surface area contributed by atoms with Crippen LogP contribution in [0, 0.1) is 0 Å². The monoisotopic (exact) mass is 289 g/mol. The second-order valence-corrected chi connectivity index (χ2v) is 5.01. The Morgan fingerprint density at radius 1 is 1.40 bits per heavy atom. The molecule has 3 N–H and O–H groups in total. The van der Waals surface area contributed by atoms with Gasteiger partial charge in [0.25, 0.3) is 0 Å². The lowest BCUT2D eigenvalue weighted by Gasteiger charge is -2.24. The molecule has 0 fully saturated rings. The number of anilines is 1. The van der Waals surface area contributed by atoms with Gasteiger partial charge in [-0.1, -0.05) is 30.4 Å². The van der Waals surface area contributed by atoms with Crippen molar-refractivity contribution in [3.05, 3.63) is 35.9 Å². The van der Waals surface area contributed by atoms with Crippen LogP contribution in [0.5, 0.6) is 0 Å². The second kappa shape index (κ2) is 6.63. The van der Waals surface area contributed by atoms with Crippen molar-refractivity contribution in [3.63, 3.8) is 0 Å². The lowest BCUT2D eigenvalue weighted by atomic mass is 10.1. The number of nitrogens with zero attached hydrogens (tertiary/aromatic N) is 2. The average Bonchev–Trinajstić information content (AvgIpc) is 2.47. The van der Waals surface area contributed by atoms with Crippen LogP contribution >= 0.6 is 12.2 Å². The summed E-state index contributed by atoms with van der Waals surface area (Å²) in [5, 5.41) is 10.0. The van der Waals surface area contributed by atoms with Crippen LogP contribution in [0.2, 0.25) is 0 Å². The van der Waals surface area contributed by atoms with E-state index in [2.05, 4.69) is 11.8 Å². The Labute approximate surface area is 124 Å². The Morgan fingerprint density at radius 3 is 2.80 bits per heavy atom. The summed E-state index contributed by atoms with van der Waals surface area (Å²) in [6.07, 6.45) is 0.694. The van der Waals surface area contributed by atoms with Crippen LogP contribution in [-0.2, 0) is 0 Å². The summed E-state index contributed by atoms with van der Waals surface area (Å²) < 4.78 is 0. The van der Waals surface area contributed by atoms with E-state index < -0.39 is 0 Å². The molecule has 20 heavy (non-hydrogen) atoms. The van der Waals surface area contributed by atoms with Crippen molar-refractivity contribution in [2.45, 2.75) is 13.3 Å². The molecular formula is C15H19N3OS. The molecule has 1 heterocycles. The van der Waals surface area contributed by atoms with Crippen molar-refractivity contribution in [3.8, 4) is 0 Å². The van der Waals surface area contributed by atoms with Crippen LogP contribution in [0.4, 0.5) is 5.82 Å². The number of nitrogens with two attached hydrogens (primary N) is 1. The van der Waals surface area contributed by atoms with Crippen molar-refractivity contribution < 1.29 is 5.11 Å². The summed E-state index contributed by atoms with van der Waals surface area (Å²) in [4.78, 5) is 7.14. The van der Waals surface area contributed by atoms with Crippen molar-refractivity contribution in [1.82, 2.24) is 4.98 Å². The smallest absolute Gasteiger partial charge is 0.139 e. The van der Waals surface area contributed by atoms with Gasteiger partial charge in [0.05, 0.1) is 11.1 Å². The molecule has 5 heteroatoms. The number of para-hydroxylation sites is 1. The summed E-state index contributed by atoms with van der Waals surface area (Å²) in [5.41, 5.74) is 7.55. The third-order valence-electron chi connectivity index (χ3n) is 3.24. The van der Waals surface area contributed by atoms with E-state index >= 15 is 0 Å². The minimum Gasteiger partial charge on any atom is -0.396 e. The lowest BCUT2D eigenvalue weighted by molar-refractivity contribution is 0.289. The van der Waals surface area contributed by atoms with Gasteiger partial charge in [-0.2, -0.15) is 0 Å². The van der Waals surface area contributed by atoms with E-state index in [0.717, 1.165) is 35.4 Å². The minimum atomic E-state index is 0.159. The topological polar surface area (TPSA) is 62.4 Å². The summed E-state index contributed by atoms with van der Waals surface area (Å²) in [6, 6.07) is 9.89. The largest absolute Gasteiger partial charge is 0.396 e. The van der Waals surface area contributed by atoms with Gasteiger partial charge in [0.15, 0.2) is 0 Å². The van der Waals surface area contributed by atoms with E-state index in [9.17, 15) is 0 Å². The van der Waals surface area contributed by atoms with Crippen molar-refractivity contribution in [2.24, 2.45) is 5.73 Å². The first kappa shape index (κ1) is 14.7. The van der Waals surface area contributed by atoms with Crippen LogP contribution < -0.4 is 10.6 Å². The van der Waals surface area contributed by atoms with E-state index in [1.54, 1.807) is 0 Å². The van der Waals surface area contributed by atoms with Gasteiger partial charge >= 0.3 is 0 Å². The molecule has 0 aliphatic rings. The van der Waals surface area contributed by atoms with Crippen LogP contribution in [0.3, 0.4) is 0 Å². The molecule has 0 bridgehead atoms. The van der Waals surface area contributed by atoms with Gasteiger partial charge in [0.1, 0.15) is 10.8 Å². The molecule has 1 aromatic carbocycles. The Hall–Kier alpha value is -1.72. The highest BCUT2D eigenvalue weighted by atomic mass is 32.1. The first-order chi connectivity index (χ1) is 9.67. The first-order valence-electron chi connectivity index (χ1n) is 6.72. The quantitative estimate of drug-likeness (QED) is 0.797. The molecule has 1 aromatic heterocycles. The highest BCUT2D eigenvalue weighted by molar-refractivity contribution is 7.80. The third kappa shape index (κ3) is 3.05. The number of aliphatic hydroxyl groups excluding tert-OH is 1. The van der Waals surface area contributed by atoms with E-state index in [4.69, 9.17) is 28.0 Å². The maximum absolute atomic E-state index is 9.01. The maximum atomic E-state index is 9.01. The zero-order valence-corrected chi connectivity index (χ0v) is 12.4. The highest BCUT2D eigenvalue weighted by Crippen LogP contribution is 2.23. The zero-order valence-electron chi connectivity index (χ0n) is 11.5. The summed E-state index contributed by atoms with van der Waals surface area (Å²) in [7, 11) is 0. The molecule has 0 saturated carbocycles. The van der Waals surface area contributed by atoms with E-state index in [0.29, 0.717) is 11.4 Å². The predicted molar refractivity (Wildman–Crippen MR) is 87.2 cm³/mol. The highest BCUT2D eigenvalue weighted by Gasteiger charge is 2.14. The van der Waals surface area contributed by atoms with E-state index in [1.807, 2.05) is 30.3 Å². The van der Waals surface area contributed by atoms with Gasteiger partial charge in [0.2, 0.25) is 0 Å². The maximum Gasteiger partial charge on any atom is 0.139 e. The minimum absolute atomic E-state index is 0.159. The Kier molecular flexibility index (Phi) is 4.87. The summed E-state index contributed by atoms with van der Waals surface area (Å²) in [6.45, 7) is 3.74. The van der Waals surface area contributed by atoms with Gasteiger partial charge in [-0.05, 0) is 25.5 Å². The Morgan fingerprint density at radius 2 is 2.15 bits per heavy atom. The molecule has 2 rings (SSSR count). The third-order valence-corrected chi connectivity index (χ3v) is 3.46. The molecule has 4 nitrogen and oxygen atoms in total. The van der Waals surface area contributed by atoms with Gasteiger partial charge in [-0.3, -0.25) is 0 Å². The number of benzene rings is 1. The molecule has 0 spiro atoms. The zero-order chi connectivity index (χ0) is 14.5. The average molecular weight is 289 g/mol. The fourth-order valence-corrected chi connectivity index (χ4v) is 2.35. The van der Waals surface area contributed by atoms with Crippen molar-refractivity contribution in [2.75, 3.05) is 24.6 Å². The molecule has 0 saturated heterocycles. The number of hydrogen-bond acceptors (Lipinski definition) is 4. The molecule has 0 amide bonds.